The van der Waals surface area contributed by atoms with Crippen LogP contribution in [0.25, 0.3) is 0 Å². The molecule has 1 unspecified atom stereocenters. The Morgan fingerprint density at radius 2 is 2.29 bits per heavy atom. The van der Waals surface area contributed by atoms with Gasteiger partial charge >= 0.3 is 0 Å². The molecule has 0 aliphatic carbocycles. The number of hydrogen-bond acceptors (Lipinski definition) is 3. The van der Waals surface area contributed by atoms with Crippen LogP contribution in [0, 0.1) is 0 Å². The van der Waals surface area contributed by atoms with Gasteiger partial charge in [0.15, 0.2) is 0 Å². The third-order valence-electron chi connectivity index (χ3n) is 2.44. The van der Waals surface area contributed by atoms with Gasteiger partial charge in [0.25, 0.3) is 0 Å². The summed E-state index contributed by atoms with van der Waals surface area (Å²) in [5, 5.41) is 4.11. The molecule has 0 saturated heterocycles. The predicted molar refractivity (Wildman–Crippen MR) is 76.7 cm³/mol. The summed E-state index contributed by atoms with van der Waals surface area (Å²) in [4.78, 5) is 0. The summed E-state index contributed by atoms with van der Waals surface area (Å²) in [6, 6.07) is 6.00. The monoisotopic (exact) mass is 320 g/mol. The number of nitrogens with two attached hydrogens (primary N) is 1. The highest BCUT2D eigenvalue weighted by Gasteiger charge is 2.10. The van der Waals surface area contributed by atoms with Crippen molar-refractivity contribution in [2.45, 2.75) is 18.9 Å². The fourth-order valence-corrected chi connectivity index (χ4v) is 2.15. The standard InChI is InChI=1S/C12H18BrClN2O/c1-17-8-9(4-3-7-15)16-11-6-2-5-10(14)12(11)13/h2,5-6,9,16H,3-4,7-8,15H2,1H3. The summed E-state index contributed by atoms with van der Waals surface area (Å²) in [5.74, 6) is 0. The van der Waals surface area contributed by atoms with Crippen molar-refractivity contribution in [2.24, 2.45) is 5.73 Å². The molecule has 3 N–H and O–H groups in total. The number of rotatable bonds is 7. The quantitative estimate of drug-likeness (QED) is 0.810. The minimum absolute atomic E-state index is 0.248. The zero-order valence-corrected chi connectivity index (χ0v) is 12.2. The van der Waals surface area contributed by atoms with E-state index in [1.165, 1.54) is 0 Å². The van der Waals surface area contributed by atoms with E-state index in [0.29, 0.717) is 18.2 Å². The average Bonchev–Trinajstić information content (AvgIpc) is 2.32. The third kappa shape index (κ3) is 4.84. The van der Waals surface area contributed by atoms with Crippen molar-refractivity contribution in [2.75, 3.05) is 25.6 Å². The van der Waals surface area contributed by atoms with E-state index in [-0.39, 0.29) is 6.04 Å². The van der Waals surface area contributed by atoms with Gasteiger partial charge < -0.3 is 15.8 Å². The molecule has 1 rings (SSSR count). The second-order valence-electron chi connectivity index (χ2n) is 3.83. The molecular formula is C12H18BrClN2O. The van der Waals surface area contributed by atoms with Crippen molar-refractivity contribution in [3.63, 3.8) is 0 Å². The van der Waals surface area contributed by atoms with Crippen molar-refractivity contribution in [3.05, 3.63) is 27.7 Å². The molecule has 1 aromatic carbocycles. The second kappa shape index (κ2) is 7.93. The number of halogens is 2. The highest BCUT2D eigenvalue weighted by atomic mass is 79.9. The van der Waals surface area contributed by atoms with Gasteiger partial charge in [-0.2, -0.15) is 0 Å². The highest BCUT2D eigenvalue weighted by Crippen LogP contribution is 2.30. The Hall–Kier alpha value is -0.290. The number of nitrogens with one attached hydrogen (secondary N) is 1. The molecule has 0 aliphatic heterocycles. The number of hydrogen-bond donors (Lipinski definition) is 2. The molecule has 1 aromatic rings. The van der Waals surface area contributed by atoms with E-state index >= 15 is 0 Å². The van der Waals surface area contributed by atoms with Crippen molar-refractivity contribution < 1.29 is 4.74 Å². The Morgan fingerprint density at radius 3 is 2.94 bits per heavy atom. The first-order chi connectivity index (χ1) is 8.19. The van der Waals surface area contributed by atoms with Crippen molar-refractivity contribution >= 4 is 33.2 Å². The summed E-state index contributed by atoms with van der Waals surface area (Å²) in [6.07, 6.45) is 1.95. The lowest BCUT2D eigenvalue weighted by Gasteiger charge is -2.20. The van der Waals surface area contributed by atoms with Crippen molar-refractivity contribution in [3.8, 4) is 0 Å². The van der Waals surface area contributed by atoms with E-state index in [0.717, 1.165) is 23.0 Å². The SMILES string of the molecule is COCC(CCCN)Nc1cccc(Cl)c1Br. The van der Waals surface area contributed by atoms with Gasteiger partial charge in [-0.15, -0.1) is 0 Å². The van der Waals surface area contributed by atoms with Gasteiger partial charge in [-0.05, 0) is 47.4 Å². The van der Waals surface area contributed by atoms with E-state index in [4.69, 9.17) is 22.1 Å². The molecule has 3 nitrogen and oxygen atoms in total. The van der Waals surface area contributed by atoms with Gasteiger partial charge in [0.1, 0.15) is 0 Å². The summed E-state index contributed by atoms with van der Waals surface area (Å²) in [5.41, 5.74) is 6.50. The molecule has 0 radical (unpaired) electrons. The van der Waals surface area contributed by atoms with Gasteiger partial charge in [-0.3, -0.25) is 0 Å². The van der Waals surface area contributed by atoms with Crippen LogP contribution in [0.1, 0.15) is 12.8 Å². The Kier molecular flexibility index (Phi) is 6.89. The molecule has 96 valence electrons. The van der Waals surface area contributed by atoms with Gasteiger partial charge in [0, 0.05) is 13.2 Å². The molecule has 0 spiro atoms. The molecule has 5 heteroatoms. The minimum atomic E-state index is 0.248. The summed E-state index contributed by atoms with van der Waals surface area (Å²) in [6.45, 7) is 1.34. The maximum Gasteiger partial charge on any atom is 0.0664 e. The maximum atomic E-state index is 6.04. The fraction of sp³-hybridized carbons (Fsp3) is 0.500. The lowest BCUT2D eigenvalue weighted by Crippen LogP contribution is -2.26. The third-order valence-corrected chi connectivity index (χ3v) is 3.83. The molecular weight excluding hydrogens is 304 g/mol. The molecule has 0 amide bonds. The van der Waals surface area contributed by atoms with Crippen LogP contribution in [-0.2, 0) is 4.74 Å². The fourth-order valence-electron chi connectivity index (χ4n) is 1.60. The molecule has 1 atom stereocenters. The Labute approximate surface area is 116 Å². The maximum absolute atomic E-state index is 6.04. The lowest BCUT2D eigenvalue weighted by atomic mass is 10.1. The Bertz CT molecular complexity index is 349. The van der Waals surface area contributed by atoms with Gasteiger partial charge in [0.2, 0.25) is 0 Å². The van der Waals surface area contributed by atoms with E-state index in [1.54, 1.807) is 7.11 Å². The predicted octanol–water partition coefficient (Wildman–Crippen LogP) is 3.27. The molecule has 0 aromatic heterocycles. The first-order valence-electron chi connectivity index (χ1n) is 5.58. The number of anilines is 1. The molecule has 17 heavy (non-hydrogen) atoms. The molecule has 0 bridgehead atoms. The zero-order chi connectivity index (χ0) is 12.7. The molecule has 0 fully saturated rings. The largest absolute Gasteiger partial charge is 0.383 e. The van der Waals surface area contributed by atoms with E-state index in [9.17, 15) is 0 Å². The molecule has 0 heterocycles. The molecule has 0 saturated carbocycles. The van der Waals surface area contributed by atoms with Crippen LogP contribution >= 0.6 is 27.5 Å². The summed E-state index contributed by atoms with van der Waals surface area (Å²) >= 11 is 9.51. The lowest BCUT2D eigenvalue weighted by molar-refractivity contribution is 0.182. The van der Waals surface area contributed by atoms with Crippen LogP contribution in [0.5, 0.6) is 0 Å². The number of ether oxygens (including phenoxy) is 1. The first-order valence-corrected chi connectivity index (χ1v) is 6.75. The highest BCUT2D eigenvalue weighted by molar-refractivity contribution is 9.10. The van der Waals surface area contributed by atoms with Crippen LogP contribution in [-0.4, -0.2) is 26.3 Å². The van der Waals surface area contributed by atoms with Crippen LogP contribution in [0.2, 0.25) is 5.02 Å². The minimum Gasteiger partial charge on any atom is -0.383 e. The van der Waals surface area contributed by atoms with Crippen molar-refractivity contribution in [1.29, 1.82) is 0 Å². The second-order valence-corrected chi connectivity index (χ2v) is 5.03. The van der Waals surface area contributed by atoms with Gasteiger partial charge in [0.05, 0.1) is 21.8 Å². The Morgan fingerprint density at radius 1 is 1.53 bits per heavy atom. The summed E-state index contributed by atoms with van der Waals surface area (Å²) < 4.78 is 6.08. The topological polar surface area (TPSA) is 47.3 Å². The average molecular weight is 322 g/mol. The van der Waals surface area contributed by atoms with Crippen molar-refractivity contribution in [1.82, 2.24) is 0 Å². The number of methoxy groups -OCH3 is 1. The number of benzene rings is 1. The normalized spacial score (nSPS) is 12.5. The van der Waals surface area contributed by atoms with E-state index < -0.39 is 0 Å². The van der Waals surface area contributed by atoms with Crippen LogP contribution in [0.15, 0.2) is 22.7 Å². The van der Waals surface area contributed by atoms with E-state index in [1.807, 2.05) is 18.2 Å². The zero-order valence-electron chi connectivity index (χ0n) is 9.88. The van der Waals surface area contributed by atoms with Crippen LogP contribution in [0.3, 0.4) is 0 Å². The molecule has 0 aliphatic rings. The van der Waals surface area contributed by atoms with Crippen LogP contribution in [0.4, 0.5) is 5.69 Å². The van der Waals surface area contributed by atoms with Gasteiger partial charge in [-0.25, -0.2) is 0 Å². The first kappa shape index (κ1) is 14.8. The smallest absolute Gasteiger partial charge is 0.0664 e. The Balaban J connectivity index is 2.67. The summed E-state index contributed by atoms with van der Waals surface area (Å²) in [7, 11) is 1.70. The van der Waals surface area contributed by atoms with Crippen LogP contribution < -0.4 is 11.1 Å². The van der Waals surface area contributed by atoms with E-state index in [2.05, 4.69) is 21.2 Å². The van der Waals surface area contributed by atoms with Gasteiger partial charge in [-0.1, -0.05) is 17.7 Å².